The van der Waals surface area contributed by atoms with Crippen LogP contribution in [0.1, 0.15) is 136 Å². The summed E-state index contributed by atoms with van der Waals surface area (Å²) in [4.78, 5) is 72.8. The van der Waals surface area contributed by atoms with Crippen molar-refractivity contribution in [1.29, 1.82) is 0 Å². The molecular weight excluding hydrogens is 1040 g/mol. The summed E-state index contributed by atoms with van der Waals surface area (Å²) in [6.07, 6.45) is 3.52. The molecule has 12 rings (SSSR count). The lowest BCUT2D eigenvalue weighted by atomic mass is 9.87. The number of carbonyl (C=O) groups excluding carboxylic acids is 4. The van der Waals surface area contributed by atoms with Crippen LogP contribution in [0.25, 0.3) is 0 Å². The quantitative estimate of drug-likeness (QED) is 0.0941. The lowest BCUT2D eigenvalue weighted by Gasteiger charge is -2.35. The number of ether oxygens (including phenoxy) is 5. The van der Waals surface area contributed by atoms with Gasteiger partial charge in [-0.1, -0.05) is 126 Å². The third-order valence-corrected chi connectivity index (χ3v) is 17.3. The number of benzene rings is 4. The van der Waals surface area contributed by atoms with Crippen molar-refractivity contribution < 1.29 is 48.0 Å². The first kappa shape index (κ1) is 55.4. The van der Waals surface area contributed by atoms with E-state index in [9.17, 15) is 9.90 Å². The van der Waals surface area contributed by atoms with Crippen LogP contribution in [-0.2, 0) is 66.5 Å². The number of aromatic nitrogens is 2. The van der Waals surface area contributed by atoms with E-state index in [-0.39, 0.29) is 29.1 Å². The van der Waals surface area contributed by atoms with E-state index >= 15 is 14.4 Å². The first-order chi connectivity index (χ1) is 39.5. The van der Waals surface area contributed by atoms with Gasteiger partial charge in [-0.05, 0) is 93.5 Å². The molecule has 16 heteroatoms. The number of nitrogens with one attached hydrogen (secondary N) is 2. The zero-order chi connectivity index (χ0) is 57.0. The zero-order valence-electron chi connectivity index (χ0n) is 47.2. The van der Waals surface area contributed by atoms with Crippen LogP contribution in [-0.4, -0.2) is 94.5 Å². The molecule has 82 heavy (non-hydrogen) atoms. The summed E-state index contributed by atoms with van der Waals surface area (Å²) in [5.41, 5.74) is 7.48. The van der Waals surface area contributed by atoms with Gasteiger partial charge in [0.05, 0.1) is 43.1 Å². The lowest BCUT2D eigenvalue weighted by Crippen LogP contribution is -2.49. The molecule has 4 fully saturated rings. The van der Waals surface area contributed by atoms with Crippen molar-refractivity contribution in [2.24, 2.45) is 5.92 Å². The Labute approximate surface area is 478 Å². The maximum absolute atomic E-state index is 15.5. The molecule has 2 aliphatic carbocycles. The normalized spacial score (nSPS) is 26.9. The van der Waals surface area contributed by atoms with E-state index < -0.39 is 91.1 Å². The van der Waals surface area contributed by atoms with Gasteiger partial charge in [-0.2, -0.15) is 0 Å². The summed E-state index contributed by atoms with van der Waals surface area (Å²) in [6, 6.07) is 34.4. The number of aliphatic hydroxyl groups is 1. The SMILES string of the molecule is CC(C)(C)c1ccc(N(C(=O)C2CC3OC(O[C@H]4Cc5ccccc5[C@H]4NC(=O)C(c4cccnc4)N(C(=O)C4CC5CCOC5O4)c4ccc(C(C)(C)C)cc4)CC3O2)C(C(=O)N[C@@H]2c3ccccc3C[C@@H]2O)c2cccnc2)cc1. The Bertz CT molecular complexity index is 3270. The highest BCUT2D eigenvalue weighted by Gasteiger charge is 2.52. The van der Waals surface area contributed by atoms with Crippen molar-refractivity contribution in [3.8, 4) is 0 Å². The summed E-state index contributed by atoms with van der Waals surface area (Å²) in [5.74, 6) is -1.61. The fourth-order valence-corrected chi connectivity index (χ4v) is 12.9. The number of amides is 4. The number of anilines is 2. The first-order valence-corrected chi connectivity index (χ1v) is 28.8. The number of pyridine rings is 2. The maximum atomic E-state index is 15.5. The van der Waals surface area contributed by atoms with Crippen molar-refractivity contribution >= 4 is 35.0 Å². The Morgan fingerprint density at radius 3 is 1.63 bits per heavy atom. The topological polar surface area (TPSA) is 191 Å². The van der Waals surface area contributed by atoms with Gasteiger partial charge in [-0.25, -0.2) is 0 Å². The number of fused-ring (bicyclic) bond motifs is 4. The van der Waals surface area contributed by atoms with Gasteiger partial charge < -0.3 is 39.4 Å². The predicted molar refractivity (Wildman–Crippen MR) is 306 cm³/mol. The van der Waals surface area contributed by atoms with Gasteiger partial charge >= 0.3 is 0 Å². The Morgan fingerprint density at radius 1 is 0.598 bits per heavy atom. The minimum atomic E-state index is -1.19. The fraction of sp³-hybridized carbons (Fsp3) is 0.424. The van der Waals surface area contributed by atoms with Crippen molar-refractivity contribution in [2.75, 3.05) is 16.4 Å². The minimum Gasteiger partial charge on any atom is -0.390 e. The zero-order valence-corrected chi connectivity index (χ0v) is 47.2. The van der Waals surface area contributed by atoms with E-state index in [1.54, 1.807) is 47.9 Å². The van der Waals surface area contributed by atoms with Crippen LogP contribution in [0.3, 0.4) is 0 Å². The predicted octanol–water partition coefficient (Wildman–Crippen LogP) is 8.92. The Kier molecular flexibility index (Phi) is 15.2. The van der Waals surface area contributed by atoms with Crippen LogP contribution in [0.15, 0.2) is 146 Å². The van der Waals surface area contributed by atoms with E-state index in [1.807, 2.05) is 103 Å². The number of carbonyl (C=O) groups is 4. The molecule has 9 unspecified atom stereocenters. The lowest BCUT2D eigenvalue weighted by molar-refractivity contribution is -0.169. The molecule has 4 amide bonds. The Balaban J connectivity index is 0.795. The molecule has 426 valence electrons. The van der Waals surface area contributed by atoms with Crippen LogP contribution in [0.5, 0.6) is 0 Å². The number of hydrogen-bond acceptors (Lipinski definition) is 12. The second kappa shape index (κ2) is 22.5. The average molecular weight is 1110 g/mol. The van der Waals surface area contributed by atoms with Crippen LogP contribution in [0.2, 0.25) is 0 Å². The second-order valence-electron chi connectivity index (χ2n) is 24.8. The van der Waals surface area contributed by atoms with Gasteiger partial charge in [0.15, 0.2) is 12.6 Å². The summed E-state index contributed by atoms with van der Waals surface area (Å²) in [5, 5.41) is 17.8. The molecular formula is C66H72N6O10. The van der Waals surface area contributed by atoms with Crippen molar-refractivity contribution in [3.63, 3.8) is 0 Å². The molecule has 3 N–H and O–H groups in total. The average Bonchev–Trinajstić information content (AvgIpc) is 4.25. The highest BCUT2D eigenvalue weighted by Crippen LogP contribution is 2.44. The standard InChI is InChI=1S/C66H72N6O10/c1-65(2,3)43-19-23-45(24-20-43)71(62(76)53-33-40-27-30-78-64(40)82-53)59(42-16-12-29-68-37-42)61(75)70-57-48-18-10-8-14-39(48)32-52(57)81-55-35-51-50(80-55)34-54(79-51)63(77)72(46-25-21-44(22-26-46)66(4,5)6)58(41-15-11-28-67-36-41)60(74)69-56-47-17-9-7-13-38(47)31-49(56)73/h7-26,28-29,36-37,40,49-59,64,73H,27,30-35H2,1-6H3,(H,69,74)(H,70,75)/t40?,49-,50?,51?,52-,53?,54?,55?,56+,57+,58?,59?,64?/m0/s1. The molecule has 13 atom stereocenters. The molecule has 0 radical (unpaired) electrons. The second-order valence-corrected chi connectivity index (χ2v) is 24.8. The third-order valence-electron chi connectivity index (χ3n) is 17.3. The van der Waals surface area contributed by atoms with Crippen molar-refractivity contribution in [1.82, 2.24) is 20.6 Å². The Hall–Kier alpha value is -7.18. The van der Waals surface area contributed by atoms with Crippen LogP contribution in [0.4, 0.5) is 11.4 Å². The van der Waals surface area contributed by atoms with E-state index in [0.29, 0.717) is 54.8 Å². The van der Waals surface area contributed by atoms with E-state index in [2.05, 4.69) is 62.1 Å². The van der Waals surface area contributed by atoms with Gasteiger partial charge in [-0.15, -0.1) is 0 Å². The monoisotopic (exact) mass is 1110 g/mol. The van der Waals surface area contributed by atoms with Crippen LogP contribution in [0, 0.1) is 5.92 Å². The summed E-state index contributed by atoms with van der Waals surface area (Å²) in [6.45, 7) is 13.3. The third kappa shape index (κ3) is 11.0. The molecule has 2 aromatic heterocycles. The number of aliphatic hydroxyl groups excluding tert-OH is 1. The molecule has 6 aliphatic rings. The van der Waals surface area contributed by atoms with E-state index in [4.69, 9.17) is 23.7 Å². The fourth-order valence-electron chi connectivity index (χ4n) is 12.9. The van der Waals surface area contributed by atoms with Crippen LogP contribution >= 0.6 is 0 Å². The molecule has 0 saturated carbocycles. The highest BCUT2D eigenvalue weighted by atomic mass is 16.7. The summed E-state index contributed by atoms with van der Waals surface area (Å²) in [7, 11) is 0. The van der Waals surface area contributed by atoms with E-state index in [1.165, 1.54) is 4.90 Å². The molecule has 0 spiro atoms. The summed E-state index contributed by atoms with van der Waals surface area (Å²) >= 11 is 0. The largest absolute Gasteiger partial charge is 0.390 e. The molecule has 4 saturated heterocycles. The van der Waals surface area contributed by atoms with Gasteiger partial charge in [0.1, 0.15) is 24.3 Å². The number of nitrogens with zero attached hydrogens (tertiary/aromatic N) is 4. The molecule has 4 aromatic carbocycles. The molecule has 0 bridgehead atoms. The maximum Gasteiger partial charge on any atom is 0.257 e. The van der Waals surface area contributed by atoms with E-state index in [0.717, 1.165) is 39.8 Å². The summed E-state index contributed by atoms with van der Waals surface area (Å²) < 4.78 is 32.4. The number of rotatable bonds is 14. The molecule has 6 heterocycles. The Morgan fingerprint density at radius 2 is 1.11 bits per heavy atom. The van der Waals surface area contributed by atoms with Crippen LogP contribution < -0.4 is 20.4 Å². The van der Waals surface area contributed by atoms with Gasteiger partial charge in [0, 0.05) is 78.9 Å². The molecule has 6 aromatic rings. The van der Waals surface area contributed by atoms with Gasteiger partial charge in [0.2, 0.25) is 11.8 Å². The highest BCUT2D eigenvalue weighted by molar-refractivity contribution is 6.04. The van der Waals surface area contributed by atoms with Crippen molar-refractivity contribution in [3.05, 3.63) is 191 Å². The first-order valence-electron chi connectivity index (χ1n) is 28.8. The van der Waals surface area contributed by atoms with Gasteiger partial charge in [-0.3, -0.25) is 38.9 Å². The molecule has 16 nitrogen and oxygen atoms in total. The minimum absolute atomic E-state index is 0.0816. The number of hydrogen-bond donors (Lipinski definition) is 3. The van der Waals surface area contributed by atoms with Gasteiger partial charge in [0.25, 0.3) is 11.8 Å². The van der Waals surface area contributed by atoms with Crippen molar-refractivity contribution in [2.45, 2.75) is 164 Å². The molecule has 4 aliphatic heterocycles. The smallest absolute Gasteiger partial charge is 0.257 e.